The van der Waals surface area contributed by atoms with Crippen LogP contribution in [0.3, 0.4) is 0 Å². The van der Waals surface area contributed by atoms with Gasteiger partial charge in [-0.05, 0) is 20.3 Å². The number of carbonyl (C=O) groups is 2. The molecule has 0 aromatic carbocycles. The third kappa shape index (κ3) is 6.22. The second-order valence-corrected chi connectivity index (χ2v) is 6.04. The average Bonchev–Trinajstić information content (AvgIpc) is 2.14. The van der Waals surface area contributed by atoms with E-state index in [1.807, 2.05) is 0 Å². The Morgan fingerprint density at radius 1 is 1.24 bits per heavy atom. The zero-order valence-corrected chi connectivity index (χ0v) is 10.9. The van der Waals surface area contributed by atoms with Crippen LogP contribution < -0.4 is 10.0 Å². The van der Waals surface area contributed by atoms with Gasteiger partial charge in [0.25, 0.3) is 0 Å². The highest BCUT2D eigenvalue weighted by Gasteiger charge is 2.35. The fourth-order valence-electron chi connectivity index (χ4n) is 0.866. The molecule has 0 heterocycles. The summed E-state index contributed by atoms with van der Waals surface area (Å²) in [4.78, 5) is 22.2. The lowest BCUT2D eigenvalue weighted by atomic mass is 9.93. The standard InChI is InChI=1S/C9H18N2O5S/c1-9(2,8(13)14)7(12)10-5-4-6-11-17(3,15)16/h11H,4-6H2,1-3H3,(H,10,12)(H,13,14). The second-order valence-electron chi connectivity index (χ2n) is 4.21. The molecule has 0 aliphatic heterocycles. The van der Waals surface area contributed by atoms with Crippen LogP contribution in [0.4, 0.5) is 0 Å². The lowest BCUT2D eigenvalue weighted by Gasteiger charge is -2.18. The molecule has 0 rings (SSSR count). The molecule has 0 bridgehead atoms. The molecule has 0 spiro atoms. The van der Waals surface area contributed by atoms with Gasteiger partial charge >= 0.3 is 5.97 Å². The smallest absolute Gasteiger partial charge is 0.318 e. The maximum Gasteiger partial charge on any atom is 0.318 e. The van der Waals surface area contributed by atoms with Gasteiger partial charge in [-0.25, -0.2) is 13.1 Å². The van der Waals surface area contributed by atoms with Crippen molar-refractivity contribution in [1.82, 2.24) is 10.0 Å². The zero-order valence-electron chi connectivity index (χ0n) is 10.1. The molecule has 0 saturated carbocycles. The largest absolute Gasteiger partial charge is 0.480 e. The normalized spacial score (nSPS) is 12.2. The minimum Gasteiger partial charge on any atom is -0.480 e. The molecule has 0 unspecified atom stereocenters. The Hall–Kier alpha value is -1.15. The predicted octanol–water partition coefficient (Wildman–Crippen LogP) is -0.847. The van der Waals surface area contributed by atoms with Crippen molar-refractivity contribution in [3.05, 3.63) is 0 Å². The molecule has 0 atom stereocenters. The molecule has 0 aromatic rings. The van der Waals surface area contributed by atoms with E-state index in [2.05, 4.69) is 10.0 Å². The number of sulfonamides is 1. The molecule has 0 radical (unpaired) electrons. The number of carboxylic acids is 1. The summed E-state index contributed by atoms with van der Waals surface area (Å²) in [7, 11) is -3.22. The first kappa shape index (κ1) is 15.9. The van der Waals surface area contributed by atoms with Gasteiger partial charge in [0.2, 0.25) is 15.9 Å². The summed E-state index contributed by atoms with van der Waals surface area (Å²) in [6.07, 6.45) is 1.44. The van der Waals surface area contributed by atoms with E-state index in [0.717, 1.165) is 6.26 Å². The van der Waals surface area contributed by atoms with Crippen molar-refractivity contribution in [2.75, 3.05) is 19.3 Å². The summed E-state index contributed by atoms with van der Waals surface area (Å²) >= 11 is 0. The van der Waals surface area contributed by atoms with Gasteiger partial charge in [-0.3, -0.25) is 9.59 Å². The van der Waals surface area contributed by atoms with Crippen molar-refractivity contribution < 1.29 is 23.1 Å². The SMILES string of the molecule is CC(C)(C(=O)O)C(=O)NCCCNS(C)(=O)=O. The van der Waals surface area contributed by atoms with Gasteiger partial charge in [-0.15, -0.1) is 0 Å². The minimum atomic E-state index is -3.22. The van der Waals surface area contributed by atoms with E-state index >= 15 is 0 Å². The Labute approximate surface area is 101 Å². The Bertz CT molecular complexity index is 388. The summed E-state index contributed by atoms with van der Waals surface area (Å²) in [6, 6.07) is 0. The van der Waals surface area contributed by atoms with Gasteiger partial charge < -0.3 is 10.4 Å². The number of amides is 1. The fourth-order valence-corrected chi connectivity index (χ4v) is 1.38. The third-order valence-corrected chi connectivity index (χ3v) is 2.83. The van der Waals surface area contributed by atoms with E-state index in [4.69, 9.17) is 5.11 Å². The van der Waals surface area contributed by atoms with Crippen LogP contribution in [0, 0.1) is 5.41 Å². The Morgan fingerprint density at radius 3 is 2.18 bits per heavy atom. The molecule has 0 fully saturated rings. The van der Waals surface area contributed by atoms with Gasteiger partial charge in [0.1, 0.15) is 5.41 Å². The lowest BCUT2D eigenvalue weighted by Crippen LogP contribution is -2.43. The molecule has 7 nitrogen and oxygen atoms in total. The summed E-state index contributed by atoms with van der Waals surface area (Å²) in [5, 5.41) is 11.2. The van der Waals surface area contributed by atoms with Crippen LogP contribution in [0.15, 0.2) is 0 Å². The van der Waals surface area contributed by atoms with Crippen molar-refractivity contribution in [3.63, 3.8) is 0 Å². The van der Waals surface area contributed by atoms with Crippen LogP contribution in [-0.2, 0) is 19.6 Å². The Balaban J connectivity index is 3.92. The number of rotatable bonds is 7. The van der Waals surface area contributed by atoms with Gasteiger partial charge in [0.15, 0.2) is 0 Å². The third-order valence-electron chi connectivity index (χ3n) is 2.11. The molecule has 17 heavy (non-hydrogen) atoms. The Morgan fingerprint density at radius 2 is 1.76 bits per heavy atom. The molecule has 100 valence electrons. The number of hydrogen-bond acceptors (Lipinski definition) is 4. The second kappa shape index (κ2) is 5.97. The molecule has 0 aliphatic carbocycles. The number of carboxylic acid groups (broad SMARTS) is 1. The summed E-state index contributed by atoms with van der Waals surface area (Å²) < 4.78 is 23.7. The van der Waals surface area contributed by atoms with Crippen LogP contribution >= 0.6 is 0 Å². The van der Waals surface area contributed by atoms with E-state index in [1.54, 1.807) is 0 Å². The minimum absolute atomic E-state index is 0.201. The van der Waals surface area contributed by atoms with Crippen LogP contribution in [0.25, 0.3) is 0 Å². The zero-order chi connectivity index (χ0) is 13.7. The predicted molar refractivity (Wildman–Crippen MR) is 61.9 cm³/mol. The van der Waals surface area contributed by atoms with Gasteiger partial charge in [-0.2, -0.15) is 0 Å². The van der Waals surface area contributed by atoms with Gasteiger partial charge in [0, 0.05) is 13.1 Å². The maximum absolute atomic E-state index is 11.4. The van der Waals surface area contributed by atoms with Crippen molar-refractivity contribution in [2.24, 2.45) is 5.41 Å². The summed E-state index contributed by atoms with van der Waals surface area (Å²) in [5.41, 5.74) is -1.48. The van der Waals surface area contributed by atoms with E-state index < -0.39 is 27.3 Å². The van der Waals surface area contributed by atoms with Crippen LogP contribution in [0.2, 0.25) is 0 Å². The van der Waals surface area contributed by atoms with Gasteiger partial charge in [0.05, 0.1) is 6.26 Å². The highest BCUT2D eigenvalue weighted by molar-refractivity contribution is 7.88. The van der Waals surface area contributed by atoms with Gasteiger partial charge in [-0.1, -0.05) is 0 Å². The van der Waals surface area contributed by atoms with Crippen molar-refractivity contribution in [2.45, 2.75) is 20.3 Å². The van der Waals surface area contributed by atoms with E-state index in [1.165, 1.54) is 13.8 Å². The quantitative estimate of drug-likeness (QED) is 0.410. The van der Waals surface area contributed by atoms with E-state index in [-0.39, 0.29) is 13.1 Å². The maximum atomic E-state index is 11.4. The van der Waals surface area contributed by atoms with Crippen molar-refractivity contribution in [1.29, 1.82) is 0 Å². The van der Waals surface area contributed by atoms with Crippen LogP contribution in [0.1, 0.15) is 20.3 Å². The number of hydrogen-bond donors (Lipinski definition) is 3. The number of aliphatic carboxylic acids is 1. The molecule has 0 aliphatic rings. The average molecular weight is 266 g/mol. The highest BCUT2D eigenvalue weighted by atomic mass is 32.2. The summed E-state index contributed by atoms with van der Waals surface area (Å²) in [6.45, 7) is 3.03. The fraction of sp³-hybridized carbons (Fsp3) is 0.778. The monoisotopic (exact) mass is 266 g/mol. The molecule has 0 aromatic heterocycles. The molecular formula is C9H18N2O5S. The molecule has 1 amide bonds. The van der Waals surface area contributed by atoms with E-state index in [0.29, 0.717) is 6.42 Å². The highest BCUT2D eigenvalue weighted by Crippen LogP contribution is 2.14. The van der Waals surface area contributed by atoms with Crippen molar-refractivity contribution in [3.8, 4) is 0 Å². The Kier molecular flexibility index (Phi) is 5.56. The van der Waals surface area contributed by atoms with Crippen molar-refractivity contribution >= 4 is 21.9 Å². The number of nitrogens with one attached hydrogen (secondary N) is 2. The number of carbonyl (C=O) groups excluding carboxylic acids is 1. The lowest BCUT2D eigenvalue weighted by molar-refractivity contribution is -0.153. The first-order valence-electron chi connectivity index (χ1n) is 5.03. The molecule has 8 heteroatoms. The van der Waals surface area contributed by atoms with Crippen LogP contribution in [0.5, 0.6) is 0 Å². The first-order valence-corrected chi connectivity index (χ1v) is 6.93. The van der Waals surface area contributed by atoms with E-state index in [9.17, 15) is 18.0 Å². The summed E-state index contributed by atoms with van der Waals surface area (Å²) in [5.74, 6) is -1.80. The molecule has 0 saturated heterocycles. The first-order chi connectivity index (χ1) is 7.57. The van der Waals surface area contributed by atoms with Crippen LogP contribution in [-0.4, -0.2) is 44.7 Å². The topological polar surface area (TPSA) is 113 Å². The molecule has 3 N–H and O–H groups in total. The molecular weight excluding hydrogens is 248 g/mol.